The van der Waals surface area contributed by atoms with Gasteiger partial charge in [-0.25, -0.2) is 0 Å². The summed E-state index contributed by atoms with van der Waals surface area (Å²) >= 11 is 1.90. The van der Waals surface area contributed by atoms with Crippen molar-refractivity contribution >= 4 is 11.3 Å². The van der Waals surface area contributed by atoms with Gasteiger partial charge >= 0.3 is 0 Å². The van der Waals surface area contributed by atoms with E-state index in [0.29, 0.717) is 5.41 Å². The molecule has 1 aromatic heterocycles. The smallest absolute Gasteiger partial charge is 0.0474 e. The van der Waals surface area contributed by atoms with Crippen LogP contribution in [-0.4, -0.2) is 13.2 Å². The molecule has 0 amide bonds. The van der Waals surface area contributed by atoms with E-state index >= 15 is 0 Å². The van der Waals surface area contributed by atoms with Gasteiger partial charge in [0.25, 0.3) is 0 Å². The third-order valence-corrected chi connectivity index (χ3v) is 5.14. The highest BCUT2D eigenvalue weighted by molar-refractivity contribution is 7.10. The zero-order valence-electron chi connectivity index (χ0n) is 8.87. The van der Waals surface area contributed by atoms with Crippen LogP contribution in [0.4, 0.5) is 0 Å². The number of thiophene rings is 1. The van der Waals surface area contributed by atoms with E-state index in [0.717, 1.165) is 19.6 Å². The van der Waals surface area contributed by atoms with E-state index in [1.54, 1.807) is 4.88 Å². The average molecular weight is 223 g/mol. The summed E-state index contributed by atoms with van der Waals surface area (Å²) < 4.78 is 5.49. The standard InChI is InChI=1S/C12H17NOS/c13-10-1-3-12(4-6-14-7-5-12)11-9(10)2-8-15-11/h2,8,10H,1,3-7,13H2. The molecule has 1 saturated heterocycles. The van der Waals surface area contributed by atoms with Crippen LogP contribution >= 0.6 is 11.3 Å². The monoisotopic (exact) mass is 223 g/mol. The molecule has 2 aliphatic rings. The second kappa shape index (κ2) is 3.58. The Kier molecular flexibility index (Phi) is 2.34. The van der Waals surface area contributed by atoms with Gasteiger partial charge in [-0.05, 0) is 42.7 Å². The minimum Gasteiger partial charge on any atom is -0.381 e. The van der Waals surface area contributed by atoms with Crippen molar-refractivity contribution in [3.63, 3.8) is 0 Å². The van der Waals surface area contributed by atoms with Gasteiger partial charge in [0.1, 0.15) is 0 Å². The van der Waals surface area contributed by atoms with Crippen molar-refractivity contribution in [2.75, 3.05) is 13.2 Å². The summed E-state index contributed by atoms with van der Waals surface area (Å²) in [6.45, 7) is 1.85. The van der Waals surface area contributed by atoms with Gasteiger partial charge in [-0.1, -0.05) is 0 Å². The van der Waals surface area contributed by atoms with Crippen LogP contribution in [0.15, 0.2) is 11.4 Å². The van der Waals surface area contributed by atoms with E-state index < -0.39 is 0 Å². The molecule has 1 spiro atoms. The molecule has 1 aliphatic heterocycles. The molecule has 3 heteroatoms. The third kappa shape index (κ3) is 1.45. The molecular formula is C12H17NOS. The fourth-order valence-electron chi connectivity index (χ4n) is 2.98. The van der Waals surface area contributed by atoms with Crippen molar-refractivity contribution in [2.24, 2.45) is 5.73 Å². The summed E-state index contributed by atoms with van der Waals surface area (Å²) in [5, 5.41) is 2.20. The summed E-state index contributed by atoms with van der Waals surface area (Å²) in [4.78, 5) is 1.56. The molecule has 1 fully saturated rings. The molecule has 2 N–H and O–H groups in total. The molecule has 1 aliphatic carbocycles. The number of fused-ring (bicyclic) bond motifs is 2. The van der Waals surface area contributed by atoms with Crippen LogP contribution in [0, 0.1) is 0 Å². The quantitative estimate of drug-likeness (QED) is 0.733. The minimum absolute atomic E-state index is 0.278. The van der Waals surface area contributed by atoms with E-state index in [-0.39, 0.29) is 6.04 Å². The summed E-state index contributed by atoms with van der Waals surface area (Å²) in [5.74, 6) is 0. The molecule has 82 valence electrons. The van der Waals surface area contributed by atoms with E-state index in [2.05, 4.69) is 11.4 Å². The van der Waals surface area contributed by atoms with Gasteiger partial charge in [-0.15, -0.1) is 11.3 Å². The normalized spacial score (nSPS) is 29.0. The highest BCUT2D eigenvalue weighted by Crippen LogP contribution is 2.49. The van der Waals surface area contributed by atoms with Gasteiger partial charge in [0.05, 0.1) is 0 Å². The topological polar surface area (TPSA) is 35.2 Å². The lowest BCUT2D eigenvalue weighted by Gasteiger charge is -2.41. The van der Waals surface area contributed by atoms with Gasteiger partial charge in [0, 0.05) is 29.5 Å². The van der Waals surface area contributed by atoms with E-state index in [4.69, 9.17) is 10.5 Å². The molecule has 2 nitrogen and oxygen atoms in total. The second-order valence-electron chi connectivity index (χ2n) is 4.74. The lowest BCUT2D eigenvalue weighted by atomic mass is 9.69. The Labute approximate surface area is 94.4 Å². The van der Waals surface area contributed by atoms with E-state index in [1.807, 2.05) is 11.3 Å². The zero-order chi connectivity index (χ0) is 10.3. The molecule has 0 bridgehead atoms. The fourth-order valence-corrected chi connectivity index (χ4v) is 4.24. The number of hydrogen-bond donors (Lipinski definition) is 1. The lowest BCUT2D eigenvalue weighted by molar-refractivity contribution is 0.0436. The van der Waals surface area contributed by atoms with Crippen molar-refractivity contribution in [3.05, 3.63) is 21.9 Å². The first kappa shape index (κ1) is 9.82. The number of ether oxygens (including phenoxy) is 1. The van der Waals surface area contributed by atoms with Crippen molar-refractivity contribution < 1.29 is 4.74 Å². The molecule has 15 heavy (non-hydrogen) atoms. The van der Waals surface area contributed by atoms with E-state index in [9.17, 15) is 0 Å². The maximum absolute atomic E-state index is 6.16. The first-order valence-electron chi connectivity index (χ1n) is 5.73. The maximum atomic E-state index is 6.16. The first-order valence-corrected chi connectivity index (χ1v) is 6.61. The fraction of sp³-hybridized carbons (Fsp3) is 0.667. The first-order chi connectivity index (χ1) is 7.32. The Bertz CT molecular complexity index is 354. The highest BCUT2D eigenvalue weighted by atomic mass is 32.1. The maximum Gasteiger partial charge on any atom is 0.0474 e. The summed E-state index contributed by atoms with van der Waals surface area (Å²) in [7, 11) is 0. The average Bonchev–Trinajstić information content (AvgIpc) is 2.76. The van der Waals surface area contributed by atoms with Crippen LogP contribution in [0.1, 0.15) is 42.2 Å². The number of hydrogen-bond acceptors (Lipinski definition) is 3. The minimum atomic E-state index is 0.278. The van der Waals surface area contributed by atoms with Crippen LogP contribution in [0.5, 0.6) is 0 Å². The molecule has 0 saturated carbocycles. The van der Waals surface area contributed by atoms with Gasteiger partial charge in [-0.3, -0.25) is 0 Å². The summed E-state index contributed by atoms with van der Waals surface area (Å²) in [6, 6.07) is 2.50. The molecule has 3 rings (SSSR count). The largest absolute Gasteiger partial charge is 0.381 e. The van der Waals surface area contributed by atoms with Crippen LogP contribution in [0.2, 0.25) is 0 Å². The van der Waals surface area contributed by atoms with Crippen LogP contribution in [0.25, 0.3) is 0 Å². The van der Waals surface area contributed by atoms with Gasteiger partial charge < -0.3 is 10.5 Å². The zero-order valence-corrected chi connectivity index (χ0v) is 9.69. The number of rotatable bonds is 0. The Balaban J connectivity index is 2.02. The summed E-state index contributed by atoms with van der Waals surface area (Å²) in [6.07, 6.45) is 4.77. The van der Waals surface area contributed by atoms with Gasteiger partial charge in [-0.2, -0.15) is 0 Å². The van der Waals surface area contributed by atoms with Gasteiger partial charge in [0.15, 0.2) is 0 Å². The van der Waals surface area contributed by atoms with Crippen molar-refractivity contribution in [1.29, 1.82) is 0 Å². The lowest BCUT2D eigenvalue weighted by Crippen LogP contribution is -2.38. The molecule has 1 aromatic rings. The Morgan fingerprint density at radius 2 is 2.13 bits per heavy atom. The molecule has 0 radical (unpaired) electrons. The van der Waals surface area contributed by atoms with Gasteiger partial charge in [0.2, 0.25) is 0 Å². The molecular weight excluding hydrogens is 206 g/mol. The Morgan fingerprint density at radius 1 is 1.33 bits per heavy atom. The SMILES string of the molecule is NC1CCC2(CCOCC2)c2sccc21. The molecule has 1 atom stereocenters. The second-order valence-corrected chi connectivity index (χ2v) is 5.66. The Morgan fingerprint density at radius 3 is 2.93 bits per heavy atom. The molecule has 0 aromatic carbocycles. The predicted octanol–water partition coefficient (Wildman–Crippen LogP) is 2.59. The van der Waals surface area contributed by atoms with Crippen molar-refractivity contribution in [1.82, 2.24) is 0 Å². The van der Waals surface area contributed by atoms with Crippen LogP contribution in [-0.2, 0) is 10.2 Å². The predicted molar refractivity (Wildman–Crippen MR) is 62.2 cm³/mol. The molecule has 2 heterocycles. The Hall–Kier alpha value is -0.380. The number of nitrogens with two attached hydrogens (primary N) is 1. The molecule has 1 unspecified atom stereocenters. The van der Waals surface area contributed by atoms with Crippen molar-refractivity contribution in [3.8, 4) is 0 Å². The van der Waals surface area contributed by atoms with Crippen LogP contribution in [0.3, 0.4) is 0 Å². The summed E-state index contributed by atoms with van der Waals surface area (Å²) in [5.41, 5.74) is 7.98. The van der Waals surface area contributed by atoms with Crippen LogP contribution < -0.4 is 5.73 Å². The van der Waals surface area contributed by atoms with Crippen molar-refractivity contribution in [2.45, 2.75) is 37.1 Å². The van der Waals surface area contributed by atoms with E-state index in [1.165, 1.54) is 24.8 Å². The third-order valence-electron chi connectivity index (χ3n) is 3.96. The highest BCUT2D eigenvalue weighted by Gasteiger charge is 2.40.